The number of piperidine rings is 1. The van der Waals surface area contributed by atoms with Gasteiger partial charge in [0, 0.05) is 26.2 Å². The summed E-state index contributed by atoms with van der Waals surface area (Å²) in [6, 6.07) is 8.35. The number of benzene rings is 1. The van der Waals surface area contributed by atoms with Gasteiger partial charge in [0.15, 0.2) is 0 Å². The average molecular weight is 348 g/mol. The lowest BCUT2D eigenvalue weighted by Crippen LogP contribution is -2.39. The van der Waals surface area contributed by atoms with E-state index in [-0.39, 0.29) is 18.1 Å². The number of hydrogen-bond acceptors (Lipinski definition) is 4. The molecule has 5 heteroatoms. The van der Waals surface area contributed by atoms with Gasteiger partial charge in [0.25, 0.3) is 0 Å². The summed E-state index contributed by atoms with van der Waals surface area (Å²) < 4.78 is 0. The van der Waals surface area contributed by atoms with E-state index in [1.165, 1.54) is 0 Å². The van der Waals surface area contributed by atoms with Crippen molar-refractivity contribution < 1.29 is 9.90 Å². The van der Waals surface area contributed by atoms with Gasteiger partial charge in [0.2, 0.25) is 5.91 Å². The third kappa shape index (κ3) is 5.63. The van der Waals surface area contributed by atoms with Gasteiger partial charge in [-0.2, -0.15) is 0 Å². The molecule has 5 nitrogen and oxygen atoms in total. The zero-order chi connectivity index (χ0) is 18.4. The van der Waals surface area contributed by atoms with Crippen molar-refractivity contribution in [3.63, 3.8) is 0 Å². The van der Waals surface area contributed by atoms with Gasteiger partial charge in [0.1, 0.15) is 0 Å². The van der Waals surface area contributed by atoms with Crippen LogP contribution < -0.4 is 10.2 Å². The predicted molar refractivity (Wildman–Crippen MR) is 104 cm³/mol. The molecule has 0 aromatic heterocycles. The highest BCUT2D eigenvalue weighted by Crippen LogP contribution is 2.28. The lowest BCUT2D eigenvalue weighted by Gasteiger charge is -2.33. The maximum Gasteiger partial charge on any atom is 0.241 e. The van der Waals surface area contributed by atoms with Crippen molar-refractivity contribution in [1.29, 1.82) is 0 Å². The van der Waals surface area contributed by atoms with Crippen LogP contribution in [0.15, 0.2) is 24.3 Å². The topological polar surface area (TPSA) is 55.8 Å². The molecule has 1 aromatic rings. The zero-order valence-corrected chi connectivity index (χ0v) is 16.0. The van der Waals surface area contributed by atoms with Crippen molar-refractivity contribution in [2.75, 3.05) is 36.9 Å². The number of likely N-dealkylation sites (N-methyl/N-ethyl adjacent to an activating group) is 1. The number of amides is 1. The fourth-order valence-corrected chi connectivity index (χ4v) is 3.39. The van der Waals surface area contributed by atoms with Gasteiger partial charge in [-0.05, 0) is 44.2 Å². The first-order valence-corrected chi connectivity index (χ1v) is 9.40. The lowest BCUT2D eigenvalue weighted by atomic mass is 10.0. The summed E-state index contributed by atoms with van der Waals surface area (Å²) in [5, 5.41) is 13.0. The molecule has 1 unspecified atom stereocenters. The summed E-state index contributed by atoms with van der Waals surface area (Å²) in [4.78, 5) is 16.6. The normalized spacial score (nSPS) is 16.8. The quantitative estimate of drug-likeness (QED) is 0.796. The highest BCUT2D eigenvalue weighted by molar-refractivity contribution is 5.82. The minimum Gasteiger partial charge on any atom is -0.393 e. The van der Waals surface area contributed by atoms with Crippen LogP contribution in [0.2, 0.25) is 0 Å². The van der Waals surface area contributed by atoms with Gasteiger partial charge >= 0.3 is 0 Å². The maximum absolute atomic E-state index is 12.5. The maximum atomic E-state index is 12.5. The molecule has 0 bridgehead atoms. The lowest BCUT2D eigenvalue weighted by molar-refractivity contribution is -0.130. The van der Waals surface area contributed by atoms with E-state index < -0.39 is 0 Å². The van der Waals surface area contributed by atoms with E-state index in [1.807, 2.05) is 30.1 Å². The molecule has 0 radical (unpaired) electrons. The van der Waals surface area contributed by atoms with Crippen molar-refractivity contribution in [2.24, 2.45) is 5.92 Å². The molecule has 1 atom stereocenters. The van der Waals surface area contributed by atoms with E-state index in [0.717, 1.165) is 43.7 Å². The Bertz CT molecular complexity index is 554. The Kier molecular flexibility index (Phi) is 7.12. The molecule has 0 saturated carbocycles. The van der Waals surface area contributed by atoms with E-state index in [9.17, 15) is 9.90 Å². The van der Waals surface area contributed by atoms with Crippen LogP contribution in [-0.4, -0.2) is 54.7 Å². The van der Waals surface area contributed by atoms with Crippen molar-refractivity contribution >= 4 is 17.3 Å². The second-order valence-electron chi connectivity index (χ2n) is 7.57. The molecule has 1 aromatic carbocycles. The van der Waals surface area contributed by atoms with Gasteiger partial charge in [-0.1, -0.05) is 26.0 Å². The van der Waals surface area contributed by atoms with Crippen LogP contribution in [-0.2, 0) is 4.79 Å². The van der Waals surface area contributed by atoms with Crippen molar-refractivity contribution in [3.8, 4) is 0 Å². The fraction of sp³-hybridized carbons (Fsp3) is 0.650. The molecule has 1 amide bonds. The number of nitrogens with zero attached hydrogens (tertiary/aromatic N) is 2. The molecule has 1 saturated heterocycles. The SMILES string of the molecule is CC(C)CC(C)N(C)C(=O)CNc1ccccc1N1CCC(O)CC1. The highest BCUT2D eigenvalue weighted by atomic mass is 16.3. The van der Waals surface area contributed by atoms with Gasteiger partial charge in [-0.3, -0.25) is 4.79 Å². The molecule has 2 rings (SSSR count). The molecule has 1 fully saturated rings. The molecule has 1 aliphatic rings. The van der Waals surface area contributed by atoms with Crippen LogP contribution in [0.4, 0.5) is 11.4 Å². The van der Waals surface area contributed by atoms with Crippen molar-refractivity contribution in [2.45, 2.75) is 52.2 Å². The Morgan fingerprint density at radius 2 is 1.92 bits per heavy atom. The van der Waals surface area contributed by atoms with Crippen LogP contribution in [0.25, 0.3) is 0 Å². The van der Waals surface area contributed by atoms with E-state index in [4.69, 9.17) is 0 Å². The number of hydrogen-bond donors (Lipinski definition) is 2. The zero-order valence-electron chi connectivity index (χ0n) is 16.0. The van der Waals surface area contributed by atoms with Crippen LogP contribution in [0.1, 0.15) is 40.0 Å². The van der Waals surface area contributed by atoms with E-state index >= 15 is 0 Å². The minimum atomic E-state index is -0.186. The first kappa shape index (κ1) is 19.6. The van der Waals surface area contributed by atoms with Crippen LogP contribution >= 0.6 is 0 Å². The Morgan fingerprint density at radius 1 is 1.28 bits per heavy atom. The second-order valence-corrected chi connectivity index (χ2v) is 7.57. The monoisotopic (exact) mass is 347 g/mol. The van der Waals surface area contributed by atoms with Gasteiger partial charge < -0.3 is 20.2 Å². The van der Waals surface area contributed by atoms with Gasteiger partial charge in [0.05, 0.1) is 24.0 Å². The summed E-state index contributed by atoms with van der Waals surface area (Å²) >= 11 is 0. The van der Waals surface area contributed by atoms with E-state index in [1.54, 1.807) is 0 Å². The van der Waals surface area contributed by atoms with Crippen LogP contribution in [0.3, 0.4) is 0 Å². The summed E-state index contributed by atoms with van der Waals surface area (Å²) in [5.74, 6) is 0.686. The number of aliphatic hydroxyl groups is 1. The smallest absolute Gasteiger partial charge is 0.241 e. The highest BCUT2D eigenvalue weighted by Gasteiger charge is 2.20. The Balaban J connectivity index is 1.95. The largest absolute Gasteiger partial charge is 0.393 e. The van der Waals surface area contributed by atoms with Crippen molar-refractivity contribution in [3.05, 3.63) is 24.3 Å². The first-order valence-electron chi connectivity index (χ1n) is 9.40. The second kappa shape index (κ2) is 9.09. The number of carbonyl (C=O) groups is 1. The summed E-state index contributed by atoms with van der Waals surface area (Å²) in [7, 11) is 1.88. The van der Waals surface area contributed by atoms with Crippen LogP contribution in [0.5, 0.6) is 0 Å². The molecular formula is C20H33N3O2. The van der Waals surface area contributed by atoms with Crippen molar-refractivity contribution in [1.82, 2.24) is 4.90 Å². The number of aliphatic hydroxyl groups excluding tert-OH is 1. The van der Waals surface area contributed by atoms with E-state index in [2.05, 4.69) is 37.1 Å². The molecule has 0 spiro atoms. The predicted octanol–water partition coefficient (Wildman–Crippen LogP) is 2.95. The molecule has 1 heterocycles. The summed E-state index contributed by atoms with van der Waals surface area (Å²) in [6.45, 7) is 8.45. The van der Waals surface area contributed by atoms with Gasteiger partial charge in [-0.25, -0.2) is 0 Å². The number of rotatable bonds is 7. The van der Waals surface area contributed by atoms with E-state index in [0.29, 0.717) is 12.5 Å². The number of carbonyl (C=O) groups excluding carboxylic acids is 1. The Morgan fingerprint density at radius 3 is 2.56 bits per heavy atom. The minimum absolute atomic E-state index is 0.108. The number of para-hydroxylation sites is 2. The van der Waals surface area contributed by atoms with Crippen LogP contribution in [0, 0.1) is 5.92 Å². The van der Waals surface area contributed by atoms with Gasteiger partial charge in [-0.15, -0.1) is 0 Å². The molecule has 25 heavy (non-hydrogen) atoms. The Labute approximate surface area is 152 Å². The molecular weight excluding hydrogens is 314 g/mol. The molecule has 140 valence electrons. The number of nitrogens with one attached hydrogen (secondary N) is 1. The third-order valence-corrected chi connectivity index (χ3v) is 5.01. The first-order chi connectivity index (χ1) is 11.9. The standard InChI is InChI=1S/C20H33N3O2/c1-15(2)13-16(3)22(4)20(25)14-21-18-7-5-6-8-19(18)23-11-9-17(24)10-12-23/h5-8,15-17,21,24H,9-14H2,1-4H3. The number of anilines is 2. The summed E-state index contributed by atoms with van der Waals surface area (Å²) in [5.41, 5.74) is 2.09. The Hall–Kier alpha value is -1.75. The molecule has 2 N–H and O–H groups in total. The fourth-order valence-electron chi connectivity index (χ4n) is 3.39. The molecule has 0 aliphatic carbocycles. The third-order valence-electron chi connectivity index (χ3n) is 5.01. The average Bonchev–Trinajstić information content (AvgIpc) is 2.59. The molecule has 1 aliphatic heterocycles. The summed E-state index contributed by atoms with van der Waals surface area (Å²) in [6.07, 6.45) is 2.41.